The molecule has 1 atom stereocenters. The van der Waals surface area contributed by atoms with Crippen LogP contribution in [0.4, 0.5) is 0 Å². The SMILES string of the molecule is CCCN(CCC)C(=O)[C@H](N)CCC(=O)O. The number of rotatable bonds is 8. The molecule has 0 aromatic rings. The highest BCUT2D eigenvalue weighted by atomic mass is 16.4. The highest BCUT2D eigenvalue weighted by molar-refractivity contribution is 5.82. The summed E-state index contributed by atoms with van der Waals surface area (Å²) in [5.74, 6) is -1.05. The van der Waals surface area contributed by atoms with Gasteiger partial charge >= 0.3 is 5.97 Å². The van der Waals surface area contributed by atoms with E-state index in [1.165, 1.54) is 0 Å². The van der Waals surface area contributed by atoms with E-state index in [-0.39, 0.29) is 18.7 Å². The van der Waals surface area contributed by atoms with E-state index in [1.807, 2.05) is 13.8 Å². The molecule has 0 aliphatic heterocycles. The first-order valence-corrected chi connectivity index (χ1v) is 5.79. The average molecular weight is 230 g/mol. The van der Waals surface area contributed by atoms with Crippen LogP contribution in [0.5, 0.6) is 0 Å². The number of nitrogens with zero attached hydrogens (tertiary/aromatic N) is 1. The lowest BCUT2D eigenvalue weighted by Crippen LogP contribution is -2.44. The van der Waals surface area contributed by atoms with E-state index >= 15 is 0 Å². The fourth-order valence-electron chi connectivity index (χ4n) is 1.51. The molecule has 0 aliphatic carbocycles. The lowest BCUT2D eigenvalue weighted by atomic mass is 10.1. The molecule has 0 aromatic heterocycles. The van der Waals surface area contributed by atoms with Crippen LogP contribution < -0.4 is 5.73 Å². The predicted molar refractivity (Wildman–Crippen MR) is 62.0 cm³/mol. The highest BCUT2D eigenvalue weighted by Gasteiger charge is 2.20. The Morgan fingerprint density at radius 2 is 1.75 bits per heavy atom. The van der Waals surface area contributed by atoms with E-state index in [1.54, 1.807) is 4.90 Å². The molecule has 5 heteroatoms. The van der Waals surface area contributed by atoms with Gasteiger partial charge in [-0.1, -0.05) is 13.8 Å². The van der Waals surface area contributed by atoms with Gasteiger partial charge in [0.25, 0.3) is 0 Å². The van der Waals surface area contributed by atoms with Crippen molar-refractivity contribution in [2.45, 2.75) is 45.6 Å². The second kappa shape index (κ2) is 8.10. The monoisotopic (exact) mass is 230 g/mol. The maximum Gasteiger partial charge on any atom is 0.303 e. The molecule has 0 spiro atoms. The molecule has 0 aliphatic rings. The van der Waals surface area contributed by atoms with Gasteiger partial charge in [-0.2, -0.15) is 0 Å². The smallest absolute Gasteiger partial charge is 0.303 e. The summed E-state index contributed by atoms with van der Waals surface area (Å²) in [7, 11) is 0. The van der Waals surface area contributed by atoms with Crippen LogP contribution in [0.15, 0.2) is 0 Å². The summed E-state index contributed by atoms with van der Waals surface area (Å²) >= 11 is 0. The van der Waals surface area contributed by atoms with Crippen LogP contribution in [-0.4, -0.2) is 41.0 Å². The number of carboxylic acid groups (broad SMARTS) is 1. The molecule has 0 radical (unpaired) electrons. The van der Waals surface area contributed by atoms with Crippen LogP contribution in [0, 0.1) is 0 Å². The third kappa shape index (κ3) is 5.70. The van der Waals surface area contributed by atoms with E-state index in [2.05, 4.69) is 0 Å². The highest BCUT2D eigenvalue weighted by Crippen LogP contribution is 2.03. The zero-order valence-electron chi connectivity index (χ0n) is 10.1. The molecule has 0 fully saturated rings. The Bertz CT molecular complexity index is 225. The lowest BCUT2D eigenvalue weighted by molar-refractivity contribution is -0.137. The molecule has 0 heterocycles. The van der Waals surface area contributed by atoms with E-state index in [0.29, 0.717) is 13.1 Å². The first-order chi connectivity index (χ1) is 7.52. The second-order valence-corrected chi connectivity index (χ2v) is 3.86. The van der Waals surface area contributed by atoms with Gasteiger partial charge in [0.05, 0.1) is 6.04 Å². The first-order valence-electron chi connectivity index (χ1n) is 5.79. The maximum atomic E-state index is 11.8. The van der Waals surface area contributed by atoms with Gasteiger partial charge < -0.3 is 15.7 Å². The quantitative estimate of drug-likeness (QED) is 0.647. The van der Waals surface area contributed by atoms with Crippen molar-refractivity contribution in [1.82, 2.24) is 4.90 Å². The van der Waals surface area contributed by atoms with Gasteiger partial charge in [0.15, 0.2) is 0 Å². The van der Waals surface area contributed by atoms with Crippen molar-refractivity contribution in [3.8, 4) is 0 Å². The molecule has 5 nitrogen and oxygen atoms in total. The Balaban J connectivity index is 4.18. The van der Waals surface area contributed by atoms with Gasteiger partial charge in [-0.3, -0.25) is 9.59 Å². The summed E-state index contributed by atoms with van der Waals surface area (Å²) in [6.07, 6.45) is 1.92. The Labute approximate surface area is 96.6 Å². The van der Waals surface area contributed by atoms with Crippen molar-refractivity contribution in [1.29, 1.82) is 0 Å². The largest absolute Gasteiger partial charge is 0.481 e. The average Bonchev–Trinajstić information content (AvgIpc) is 2.24. The summed E-state index contributed by atoms with van der Waals surface area (Å²) in [5.41, 5.74) is 5.67. The number of amides is 1. The minimum Gasteiger partial charge on any atom is -0.481 e. The van der Waals surface area contributed by atoms with E-state index in [0.717, 1.165) is 12.8 Å². The Hall–Kier alpha value is -1.10. The molecule has 16 heavy (non-hydrogen) atoms. The van der Waals surface area contributed by atoms with E-state index < -0.39 is 12.0 Å². The van der Waals surface area contributed by atoms with Crippen molar-refractivity contribution in [2.75, 3.05) is 13.1 Å². The Morgan fingerprint density at radius 3 is 2.12 bits per heavy atom. The summed E-state index contributed by atoms with van der Waals surface area (Å²) in [6, 6.07) is -0.686. The molecule has 94 valence electrons. The van der Waals surface area contributed by atoms with Crippen molar-refractivity contribution in [2.24, 2.45) is 5.73 Å². The topological polar surface area (TPSA) is 83.6 Å². The normalized spacial score (nSPS) is 12.2. The molecule has 0 saturated carbocycles. The third-order valence-corrected chi connectivity index (χ3v) is 2.29. The number of carbonyl (C=O) groups is 2. The van der Waals surface area contributed by atoms with Gasteiger partial charge in [-0.05, 0) is 19.3 Å². The van der Waals surface area contributed by atoms with Crippen LogP contribution in [0.3, 0.4) is 0 Å². The third-order valence-electron chi connectivity index (χ3n) is 2.29. The fraction of sp³-hybridized carbons (Fsp3) is 0.818. The molecular weight excluding hydrogens is 208 g/mol. The van der Waals surface area contributed by atoms with E-state index in [4.69, 9.17) is 10.8 Å². The molecular formula is C11H22N2O3. The van der Waals surface area contributed by atoms with Gasteiger partial charge in [0, 0.05) is 19.5 Å². The molecule has 0 unspecified atom stereocenters. The molecule has 0 saturated heterocycles. The number of nitrogens with two attached hydrogens (primary N) is 1. The van der Waals surface area contributed by atoms with Crippen molar-refractivity contribution in [3.63, 3.8) is 0 Å². The number of carboxylic acids is 1. The molecule has 0 rings (SSSR count). The van der Waals surface area contributed by atoms with Gasteiger partial charge in [-0.15, -0.1) is 0 Å². The van der Waals surface area contributed by atoms with Crippen molar-refractivity contribution < 1.29 is 14.7 Å². The fourth-order valence-corrected chi connectivity index (χ4v) is 1.51. The number of hydrogen-bond acceptors (Lipinski definition) is 3. The zero-order chi connectivity index (χ0) is 12.6. The van der Waals surface area contributed by atoms with Crippen LogP contribution >= 0.6 is 0 Å². The van der Waals surface area contributed by atoms with Crippen molar-refractivity contribution >= 4 is 11.9 Å². The van der Waals surface area contributed by atoms with Crippen LogP contribution in [-0.2, 0) is 9.59 Å². The van der Waals surface area contributed by atoms with Gasteiger partial charge in [0.1, 0.15) is 0 Å². The van der Waals surface area contributed by atoms with Crippen molar-refractivity contribution in [3.05, 3.63) is 0 Å². The zero-order valence-corrected chi connectivity index (χ0v) is 10.1. The van der Waals surface area contributed by atoms with Crippen LogP contribution in [0.1, 0.15) is 39.5 Å². The minimum atomic E-state index is -0.916. The maximum absolute atomic E-state index is 11.8. The van der Waals surface area contributed by atoms with Crippen LogP contribution in [0.2, 0.25) is 0 Å². The summed E-state index contributed by atoms with van der Waals surface area (Å²) in [6.45, 7) is 5.37. The number of hydrogen-bond donors (Lipinski definition) is 2. The molecule has 3 N–H and O–H groups in total. The Kier molecular flexibility index (Phi) is 7.54. The summed E-state index contributed by atoms with van der Waals surface area (Å²) in [4.78, 5) is 23.9. The standard InChI is InChI=1S/C11H22N2O3/c1-3-7-13(8-4-2)11(16)9(12)5-6-10(14)15/h9H,3-8,12H2,1-2H3,(H,14,15)/t9-/m1/s1. The predicted octanol–water partition coefficient (Wildman–Crippen LogP) is 0.827. The van der Waals surface area contributed by atoms with Crippen LogP contribution in [0.25, 0.3) is 0 Å². The molecule has 1 amide bonds. The number of carbonyl (C=O) groups excluding carboxylic acids is 1. The summed E-state index contributed by atoms with van der Waals surface area (Å²) in [5, 5.41) is 8.51. The lowest BCUT2D eigenvalue weighted by Gasteiger charge is -2.24. The summed E-state index contributed by atoms with van der Waals surface area (Å²) < 4.78 is 0. The van der Waals surface area contributed by atoms with E-state index in [9.17, 15) is 9.59 Å². The molecule has 0 aromatic carbocycles. The second-order valence-electron chi connectivity index (χ2n) is 3.86. The van der Waals surface area contributed by atoms with Gasteiger partial charge in [-0.25, -0.2) is 0 Å². The number of aliphatic carboxylic acids is 1. The van der Waals surface area contributed by atoms with Gasteiger partial charge in [0.2, 0.25) is 5.91 Å². The first kappa shape index (κ1) is 14.9. The molecule has 0 bridgehead atoms. The Morgan fingerprint density at radius 1 is 1.25 bits per heavy atom. The minimum absolute atomic E-state index is 0.0566.